The number of hydrogen-bond acceptors (Lipinski definition) is 2. The highest BCUT2D eigenvalue weighted by Crippen LogP contribution is 2.36. The third-order valence-corrected chi connectivity index (χ3v) is 3.78. The summed E-state index contributed by atoms with van der Waals surface area (Å²) in [6.07, 6.45) is 2.86. The summed E-state index contributed by atoms with van der Waals surface area (Å²) in [4.78, 5) is 1.39. The topological polar surface area (TPSA) is 26.0 Å². The van der Waals surface area contributed by atoms with Crippen molar-refractivity contribution in [3.63, 3.8) is 0 Å². The molecule has 0 radical (unpaired) electrons. The summed E-state index contributed by atoms with van der Waals surface area (Å²) in [5, 5.41) is 0. The van der Waals surface area contributed by atoms with Crippen LogP contribution in [0, 0.1) is 12.8 Å². The van der Waals surface area contributed by atoms with E-state index < -0.39 is 0 Å². The normalized spacial score (nSPS) is 16.1. The van der Waals surface area contributed by atoms with E-state index in [1.165, 1.54) is 29.1 Å². The van der Waals surface area contributed by atoms with Gasteiger partial charge in [0.1, 0.15) is 0 Å². The number of benzene rings is 1. The Bertz CT molecular complexity index is 305. The fourth-order valence-electron chi connectivity index (χ4n) is 1.33. The van der Waals surface area contributed by atoms with Gasteiger partial charge in [-0.3, -0.25) is 0 Å². The van der Waals surface area contributed by atoms with Crippen molar-refractivity contribution in [2.45, 2.75) is 24.7 Å². The highest BCUT2D eigenvalue weighted by Gasteiger charge is 2.21. The molecule has 1 fully saturated rings. The molecule has 0 heterocycles. The molecule has 1 aliphatic carbocycles. The summed E-state index contributed by atoms with van der Waals surface area (Å²) < 4.78 is 0. The number of rotatable bonds is 3. The van der Waals surface area contributed by atoms with E-state index in [0.29, 0.717) is 0 Å². The molecule has 1 aliphatic rings. The van der Waals surface area contributed by atoms with Gasteiger partial charge in [0.15, 0.2) is 0 Å². The Hall–Kier alpha value is -0.630. The van der Waals surface area contributed by atoms with Gasteiger partial charge in [-0.25, -0.2) is 0 Å². The van der Waals surface area contributed by atoms with Gasteiger partial charge in [0.2, 0.25) is 0 Å². The minimum Gasteiger partial charge on any atom is -0.399 e. The zero-order valence-electron chi connectivity index (χ0n) is 7.92. The molecule has 13 heavy (non-hydrogen) atoms. The Morgan fingerprint density at radius 3 is 2.85 bits per heavy atom. The van der Waals surface area contributed by atoms with E-state index in [2.05, 4.69) is 19.1 Å². The van der Waals surface area contributed by atoms with E-state index in [1.54, 1.807) is 0 Å². The predicted molar refractivity (Wildman–Crippen MR) is 59.0 cm³/mol. The highest BCUT2D eigenvalue weighted by atomic mass is 32.2. The quantitative estimate of drug-likeness (QED) is 0.589. The van der Waals surface area contributed by atoms with Gasteiger partial charge in [-0.15, -0.1) is 11.8 Å². The van der Waals surface area contributed by atoms with Crippen LogP contribution < -0.4 is 5.73 Å². The molecular formula is C11H15NS. The second-order valence-electron chi connectivity index (χ2n) is 3.78. The lowest BCUT2D eigenvalue weighted by Crippen LogP contribution is -1.88. The van der Waals surface area contributed by atoms with Crippen LogP contribution in [0.3, 0.4) is 0 Å². The van der Waals surface area contributed by atoms with Gasteiger partial charge in [0.05, 0.1) is 0 Å². The monoisotopic (exact) mass is 193 g/mol. The molecular weight excluding hydrogens is 178 g/mol. The molecule has 2 heteroatoms. The Balaban J connectivity index is 2.01. The van der Waals surface area contributed by atoms with Gasteiger partial charge >= 0.3 is 0 Å². The molecule has 1 saturated carbocycles. The standard InChI is InChI=1S/C11H15NS/c1-8-6-10(12)4-5-11(8)13-7-9-2-3-9/h4-6,9H,2-3,7,12H2,1H3. The van der Waals surface area contributed by atoms with Crippen LogP contribution in [0.4, 0.5) is 5.69 Å². The second kappa shape index (κ2) is 3.62. The predicted octanol–water partition coefficient (Wildman–Crippen LogP) is 3.08. The first-order valence-corrected chi connectivity index (χ1v) is 5.73. The molecule has 0 aliphatic heterocycles. The Labute approximate surface area is 83.7 Å². The van der Waals surface area contributed by atoms with Gasteiger partial charge in [0, 0.05) is 16.3 Å². The first-order chi connectivity index (χ1) is 6.25. The maximum Gasteiger partial charge on any atom is 0.0317 e. The lowest BCUT2D eigenvalue weighted by molar-refractivity contribution is 0.999. The van der Waals surface area contributed by atoms with Crippen LogP contribution in [0.5, 0.6) is 0 Å². The van der Waals surface area contributed by atoms with Crippen molar-refractivity contribution >= 4 is 17.4 Å². The number of anilines is 1. The average Bonchev–Trinajstić information content (AvgIpc) is 2.86. The molecule has 0 atom stereocenters. The van der Waals surface area contributed by atoms with Crippen LogP contribution in [0.2, 0.25) is 0 Å². The van der Waals surface area contributed by atoms with Crippen molar-refractivity contribution in [1.29, 1.82) is 0 Å². The zero-order chi connectivity index (χ0) is 9.26. The van der Waals surface area contributed by atoms with Gasteiger partial charge in [0.25, 0.3) is 0 Å². The largest absolute Gasteiger partial charge is 0.399 e. The number of hydrogen-bond donors (Lipinski definition) is 1. The molecule has 2 N–H and O–H groups in total. The van der Waals surface area contributed by atoms with Crippen LogP contribution in [0.25, 0.3) is 0 Å². The van der Waals surface area contributed by atoms with Gasteiger partial charge in [-0.05, 0) is 49.4 Å². The zero-order valence-corrected chi connectivity index (χ0v) is 8.73. The number of thioether (sulfide) groups is 1. The van der Waals surface area contributed by atoms with E-state index in [1.807, 2.05) is 17.8 Å². The summed E-state index contributed by atoms with van der Waals surface area (Å²) >= 11 is 1.97. The van der Waals surface area contributed by atoms with Crippen LogP contribution in [-0.4, -0.2) is 5.75 Å². The molecule has 0 amide bonds. The Morgan fingerprint density at radius 1 is 1.46 bits per heavy atom. The summed E-state index contributed by atoms with van der Waals surface area (Å²) in [7, 11) is 0. The van der Waals surface area contributed by atoms with Crippen LogP contribution >= 0.6 is 11.8 Å². The van der Waals surface area contributed by atoms with E-state index >= 15 is 0 Å². The molecule has 1 nitrogen and oxygen atoms in total. The summed E-state index contributed by atoms with van der Waals surface area (Å²) in [5.41, 5.74) is 7.87. The third-order valence-electron chi connectivity index (χ3n) is 2.37. The molecule has 0 unspecified atom stereocenters. The Kier molecular flexibility index (Phi) is 2.49. The van der Waals surface area contributed by atoms with Crippen LogP contribution in [-0.2, 0) is 0 Å². The minimum absolute atomic E-state index is 0.869. The van der Waals surface area contributed by atoms with E-state index in [9.17, 15) is 0 Å². The van der Waals surface area contributed by atoms with Crippen molar-refractivity contribution in [2.75, 3.05) is 11.5 Å². The van der Waals surface area contributed by atoms with Gasteiger partial charge in [-0.2, -0.15) is 0 Å². The maximum atomic E-state index is 5.69. The average molecular weight is 193 g/mol. The number of nitrogen functional groups attached to an aromatic ring is 1. The molecule has 1 aromatic rings. The van der Waals surface area contributed by atoms with Crippen LogP contribution in [0.1, 0.15) is 18.4 Å². The van der Waals surface area contributed by atoms with E-state index in [0.717, 1.165) is 11.6 Å². The molecule has 0 aromatic heterocycles. The fraction of sp³-hybridized carbons (Fsp3) is 0.455. The molecule has 2 rings (SSSR count). The molecule has 70 valence electrons. The smallest absolute Gasteiger partial charge is 0.0317 e. The molecule has 1 aromatic carbocycles. The Morgan fingerprint density at radius 2 is 2.23 bits per heavy atom. The van der Waals surface area contributed by atoms with Crippen molar-refractivity contribution < 1.29 is 0 Å². The first-order valence-electron chi connectivity index (χ1n) is 4.74. The van der Waals surface area contributed by atoms with Crippen LogP contribution in [0.15, 0.2) is 23.1 Å². The number of aryl methyl sites for hydroxylation is 1. The summed E-state index contributed by atoms with van der Waals surface area (Å²) in [5.74, 6) is 2.27. The van der Waals surface area contributed by atoms with Gasteiger partial charge < -0.3 is 5.73 Å². The molecule has 0 spiro atoms. The van der Waals surface area contributed by atoms with Crippen molar-refractivity contribution in [3.05, 3.63) is 23.8 Å². The molecule has 0 bridgehead atoms. The highest BCUT2D eigenvalue weighted by molar-refractivity contribution is 7.99. The maximum absolute atomic E-state index is 5.69. The SMILES string of the molecule is Cc1cc(N)ccc1SCC1CC1. The third kappa shape index (κ3) is 2.41. The first kappa shape index (κ1) is 8.95. The van der Waals surface area contributed by atoms with Gasteiger partial charge in [-0.1, -0.05) is 0 Å². The van der Waals surface area contributed by atoms with Crippen molar-refractivity contribution in [2.24, 2.45) is 5.92 Å². The number of nitrogens with two attached hydrogens (primary N) is 1. The van der Waals surface area contributed by atoms with E-state index in [-0.39, 0.29) is 0 Å². The molecule has 0 saturated heterocycles. The van der Waals surface area contributed by atoms with Crippen molar-refractivity contribution in [3.8, 4) is 0 Å². The minimum atomic E-state index is 0.869. The summed E-state index contributed by atoms with van der Waals surface area (Å²) in [6, 6.07) is 6.18. The second-order valence-corrected chi connectivity index (χ2v) is 4.84. The summed E-state index contributed by atoms with van der Waals surface area (Å²) in [6.45, 7) is 2.13. The lowest BCUT2D eigenvalue weighted by atomic mass is 10.2. The fourth-order valence-corrected chi connectivity index (χ4v) is 2.53. The lowest BCUT2D eigenvalue weighted by Gasteiger charge is -2.05. The van der Waals surface area contributed by atoms with E-state index in [4.69, 9.17) is 5.73 Å². The van der Waals surface area contributed by atoms with Crippen molar-refractivity contribution in [1.82, 2.24) is 0 Å².